The molecule has 8 nitrogen and oxygen atoms in total. The van der Waals surface area contributed by atoms with Crippen molar-refractivity contribution < 1.29 is 17.9 Å². The lowest BCUT2D eigenvalue weighted by atomic mass is 9.98. The SMILES string of the molecule is C[C@@H]1COCCN1c1cc(-c2cccnc2C(F)(F)F)c(C=N)c(Nc2ccn[nH]2)n1. The Bertz CT molecular complexity index is 1070. The zero-order chi connectivity index (χ0) is 22.0. The van der Waals surface area contributed by atoms with Crippen molar-refractivity contribution in [3.8, 4) is 11.1 Å². The van der Waals surface area contributed by atoms with Crippen LogP contribution in [0.3, 0.4) is 0 Å². The monoisotopic (exact) mass is 431 g/mol. The summed E-state index contributed by atoms with van der Waals surface area (Å²) < 4.78 is 46.6. The lowest BCUT2D eigenvalue weighted by Gasteiger charge is -2.35. The van der Waals surface area contributed by atoms with Crippen molar-refractivity contribution in [2.75, 3.05) is 30.0 Å². The predicted molar refractivity (Wildman–Crippen MR) is 110 cm³/mol. The second-order valence-corrected chi connectivity index (χ2v) is 7.04. The van der Waals surface area contributed by atoms with Crippen LogP contribution in [0.1, 0.15) is 18.2 Å². The van der Waals surface area contributed by atoms with Gasteiger partial charge in [-0.3, -0.25) is 10.1 Å². The van der Waals surface area contributed by atoms with E-state index in [2.05, 4.69) is 25.5 Å². The Balaban J connectivity index is 1.93. The quantitative estimate of drug-likeness (QED) is 0.531. The first-order valence-corrected chi connectivity index (χ1v) is 9.57. The second-order valence-electron chi connectivity index (χ2n) is 7.04. The van der Waals surface area contributed by atoms with Crippen molar-refractivity contribution in [3.63, 3.8) is 0 Å². The van der Waals surface area contributed by atoms with Crippen LogP contribution in [0.15, 0.2) is 36.7 Å². The van der Waals surface area contributed by atoms with Gasteiger partial charge >= 0.3 is 6.18 Å². The fourth-order valence-corrected chi connectivity index (χ4v) is 3.52. The molecule has 3 aromatic heterocycles. The van der Waals surface area contributed by atoms with E-state index in [1.807, 2.05) is 11.8 Å². The molecule has 0 unspecified atom stereocenters. The van der Waals surface area contributed by atoms with E-state index < -0.39 is 11.9 Å². The van der Waals surface area contributed by atoms with Crippen LogP contribution in [0, 0.1) is 5.41 Å². The smallest absolute Gasteiger partial charge is 0.377 e. The molecule has 4 rings (SSSR count). The van der Waals surface area contributed by atoms with Gasteiger partial charge in [-0.15, -0.1) is 0 Å². The Morgan fingerprint density at radius 2 is 2.13 bits per heavy atom. The van der Waals surface area contributed by atoms with Gasteiger partial charge in [-0.05, 0) is 24.6 Å². The van der Waals surface area contributed by atoms with Crippen LogP contribution in [0.25, 0.3) is 11.1 Å². The van der Waals surface area contributed by atoms with Crippen LogP contribution < -0.4 is 10.2 Å². The maximum atomic E-state index is 13.7. The third-order valence-corrected chi connectivity index (χ3v) is 4.97. The summed E-state index contributed by atoms with van der Waals surface area (Å²) in [5.74, 6) is 1.22. The number of nitrogens with zero attached hydrogens (tertiary/aromatic N) is 4. The molecule has 0 radical (unpaired) electrons. The van der Waals surface area contributed by atoms with E-state index in [4.69, 9.17) is 10.1 Å². The van der Waals surface area contributed by atoms with Gasteiger partial charge in [0.25, 0.3) is 0 Å². The van der Waals surface area contributed by atoms with Gasteiger partial charge < -0.3 is 20.4 Å². The Kier molecular flexibility index (Phi) is 5.59. The topological polar surface area (TPSA) is 103 Å². The summed E-state index contributed by atoms with van der Waals surface area (Å²) >= 11 is 0. The molecule has 0 spiro atoms. The average molecular weight is 431 g/mol. The minimum absolute atomic E-state index is 0.0177. The van der Waals surface area contributed by atoms with Crippen molar-refractivity contribution in [2.45, 2.75) is 19.1 Å². The first kappa shape index (κ1) is 20.8. The van der Waals surface area contributed by atoms with Crippen molar-refractivity contribution in [2.24, 2.45) is 0 Å². The van der Waals surface area contributed by atoms with Gasteiger partial charge in [-0.25, -0.2) is 4.98 Å². The van der Waals surface area contributed by atoms with Gasteiger partial charge in [0.05, 0.1) is 25.5 Å². The van der Waals surface area contributed by atoms with E-state index in [0.29, 0.717) is 31.4 Å². The molecule has 3 aromatic rings. The molecular formula is C20H20F3N7O. The molecule has 0 bridgehead atoms. The number of hydrogen-bond acceptors (Lipinski definition) is 7. The Morgan fingerprint density at radius 1 is 1.29 bits per heavy atom. The molecule has 0 amide bonds. The Hall–Kier alpha value is -3.47. The predicted octanol–water partition coefficient (Wildman–Crippen LogP) is 3.85. The maximum absolute atomic E-state index is 13.7. The summed E-state index contributed by atoms with van der Waals surface area (Å²) in [7, 11) is 0. The van der Waals surface area contributed by atoms with Crippen LogP contribution in [0.5, 0.6) is 0 Å². The minimum Gasteiger partial charge on any atom is -0.377 e. The molecule has 1 fully saturated rings. The number of nitrogens with one attached hydrogen (secondary N) is 3. The molecule has 0 saturated carbocycles. The van der Waals surface area contributed by atoms with Crippen LogP contribution in [0.4, 0.5) is 30.6 Å². The van der Waals surface area contributed by atoms with Crippen molar-refractivity contribution in [3.05, 3.63) is 47.9 Å². The highest BCUT2D eigenvalue weighted by molar-refractivity contribution is 5.96. The number of pyridine rings is 2. The molecule has 1 atom stereocenters. The molecule has 4 heterocycles. The molecule has 1 saturated heterocycles. The average Bonchev–Trinajstić information content (AvgIpc) is 3.26. The summed E-state index contributed by atoms with van der Waals surface area (Å²) in [6, 6.07) is 6.01. The largest absolute Gasteiger partial charge is 0.433 e. The van der Waals surface area contributed by atoms with Crippen LogP contribution in [-0.4, -0.2) is 52.2 Å². The van der Waals surface area contributed by atoms with Gasteiger partial charge in [-0.1, -0.05) is 6.07 Å². The number of anilines is 3. The summed E-state index contributed by atoms with van der Waals surface area (Å²) in [6.07, 6.45) is -1.03. The lowest BCUT2D eigenvalue weighted by molar-refractivity contribution is -0.140. The third-order valence-electron chi connectivity index (χ3n) is 4.97. The Morgan fingerprint density at radius 3 is 2.81 bits per heavy atom. The first-order valence-electron chi connectivity index (χ1n) is 9.57. The zero-order valence-corrected chi connectivity index (χ0v) is 16.6. The van der Waals surface area contributed by atoms with Crippen LogP contribution in [0.2, 0.25) is 0 Å². The highest BCUT2D eigenvalue weighted by atomic mass is 19.4. The number of H-pyrrole nitrogens is 1. The van der Waals surface area contributed by atoms with Crippen LogP contribution >= 0.6 is 0 Å². The van der Waals surface area contributed by atoms with Crippen molar-refractivity contribution in [1.82, 2.24) is 20.2 Å². The molecule has 162 valence electrons. The molecule has 0 aromatic carbocycles. The maximum Gasteiger partial charge on any atom is 0.433 e. The van der Waals surface area contributed by atoms with Gasteiger partial charge in [0.2, 0.25) is 0 Å². The van der Waals surface area contributed by atoms with E-state index in [0.717, 1.165) is 12.4 Å². The number of rotatable bonds is 5. The number of alkyl halides is 3. The molecule has 11 heteroatoms. The lowest BCUT2D eigenvalue weighted by Crippen LogP contribution is -2.44. The second kappa shape index (κ2) is 8.34. The number of aromatic nitrogens is 4. The highest BCUT2D eigenvalue weighted by Crippen LogP contribution is 2.39. The summed E-state index contributed by atoms with van der Waals surface area (Å²) in [5, 5.41) is 17.5. The number of morpholine rings is 1. The standard InChI is InChI=1S/C20H20F3N7O/c1-12-11-31-8-7-30(12)17-9-14(13-3-2-5-25-18(13)20(21,22)23)15(10-24)19(28-17)27-16-4-6-26-29-16/h2-6,9-10,12,24H,7-8,11H2,1H3,(H2,26,27,28,29)/t12-/m1/s1. The Labute approximate surface area is 176 Å². The summed E-state index contributed by atoms with van der Waals surface area (Å²) in [6.45, 7) is 3.46. The molecule has 0 aliphatic carbocycles. The molecule has 1 aliphatic heterocycles. The fraction of sp³-hybridized carbons (Fsp3) is 0.300. The number of halogens is 3. The van der Waals surface area contributed by atoms with E-state index in [9.17, 15) is 13.2 Å². The van der Waals surface area contributed by atoms with E-state index in [1.165, 1.54) is 18.3 Å². The molecule has 31 heavy (non-hydrogen) atoms. The van der Waals surface area contributed by atoms with E-state index in [1.54, 1.807) is 12.1 Å². The van der Waals surface area contributed by atoms with Crippen molar-refractivity contribution >= 4 is 23.7 Å². The molecular weight excluding hydrogens is 411 g/mol. The third kappa shape index (κ3) is 4.22. The van der Waals surface area contributed by atoms with Gasteiger partial charge in [0.15, 0.2) is 5.69 Å². The fourth-order valence-electron chi connectivity index (χ4n) is 3.52. The van der Waals surface area contributed by atoms with Gasteiger partial charge in [-0.2, -0.15) is 18.3 Å². The van der Waals surface area contributed by atoms with Gasteiger partial charge in [0.1, 0.15) is 17.5 Å². The number of ether oxygens (including phenoxy) is 1. The summed E-state index contributed by atoms with van der Waals surface area (Å²) in [4.78, 5) is 10.2. The minimum atomic E-state index is -4.65. The van der Waals surface area contributed by atoms with Gasteiger partial charge in [0, 0.05) is 36.1 Å². The van der Waals surface area contributed by atoms with E-state index >= 15 is 0 Å². The molecule has 1 aliphatic rings. The van der Waals surface area contributed by atoms with Crippen molar-refractivity contribution in [1.29, 1.82) is 5.41 Å². The zero-order valence-electron chi connectivity index (χ0n) is 16.6. The number of aromatic amines is 1. The summed E-state index contributed by atoms with van der Waals surface area (Å²) in [5.41, 5.74) is -0.720. The first-order chi connectivity index (χ1) is 14.9. The van der Waals surface area contributed by atoms with Crippen LogP contribution in [-0.2, 0) is 10.9 Å². The normalized spacial score (nSPS) is 16.9. The number of hydrogen-bond donors (Lipinski definition) is 3. The molecule has 3 N–H and O–H groups in total. The van der Waals surface area contributed by atoms with E-state index in [-0.39, 0.29) is 28.6 Å². The highest BCUT2D eigenvalue weighted by Gasteiger charge is 2.36.